The minimum Gasteiger partial charge on any atom is -0.485 e. The Kier molecular flexibility index (Phi) is 5.78. The summed E-state index contributed by atoms with van der Waals surface area (Å²) in [6.07, 6.45) is 0. The maximum atomic E-state index is 11.5. The summed E-state index contributed by atoms with van der Waals surface area (Å²) in [7, 11) is 0. The Morgan fingerprint density at radius 1 is 1.38 bits per heavy atom. The molecule has 0 atom stereocenters. The second-order valence-electron chi connectivity index (χ2n) is 4.22. The normalized spacial score (nSPS) is 10.5. The molecule has 0 saturated heterocycles. The molecule has 1 amide bonds. The third kappa shape index (κ3) is 4.05. The molecular formula is C14H14Br2N2O2S. The van der Waals surface area contributed by atoms with E-state index in [1.54, 1.807) is 11.8 Å². The molecule has 1 heterocycles. The lowest BCUT2D eigenvalue weighted by Gasteiger charge is -2.14. The van der Waals surface area contributed by atoms with Gasteiger partial charge in [0.05, 0.1) is 14.6 Å². The molecule has 1 aromatic carbocycles. The zero-order valence-corrected chi connectivity index (χ0v) is 15.6. The van der Waals surface area contributed by atoms with E-state index in [4.69, 9.17) is 4.74 Å². The van der Waals surface area contributed by atoms with Crippen molar-refractivity contribution in [3.05, 3.63) is 38.2 Å². The number of hydrogen-bond acceptors (Lipinski definition) is 4. The van der Waals surface area contributed by atoms with E-state index in [0.29, 0.717) is 18.3 Å². The van der Waals surface area contributed by atoms with Gasteiger partial charge in [-0.15, -0.1) is 11.3 Å². The number of benzene rings is 1. The van der Waals surface area contributed by atoms with Crippen LogP contribution in [0.4, 0.5) is 5.13 Å². The molecular weight excluding hydrogens is 420 g/mol. The van der Waals surface area contributed by atoms with Gasteiger partial charge in [0.1, 0.15) is 12.4 Å². The van der Waals surface area contributed by atoms with Crippen LogP contribution in [0.1, 0.15) is 19.5 Å². The number of hydrogen-bond donors (Lipinski definition) is 0. The number of amides is 1. The Hall–Kier alpha value is -0.920. The quantitative estimate of drug-likeness (QED) is 0.690. The number of para-hydroxylation sites is 1. The molecule has 0 bridgehead atoms. The van der Waals surface area contributed by atoms with Gasteiger partial charge >= 0.3 is 0 Å². The standard InChI is InChI=1S/C14H14Br2N2O2S/c1-3-18(9(2)19)14-17-10(8-21-14)7-20-13-11(15)5-4-6-12(13)16/h4-6,8H,3,7H2,1-2H3. The van der Waals surface area contributed by atoms with Crippen molar-refractivity contribution in [1.82, 2.24) is 4.98 Å². The molecule has 0 unspecified atom stereocenters. The predicted octanol–water partition coefficient (Wildman–Crippen LogP) is 4.62. The molecule has 4 nitrogen and oxygen atoms in total. The first kappa shape index (κ1) is 16.5. The van der Waals surface area contributed by atoms with Crippen molar-refractivity contribution in [3.63, 3.8) is 0 Å². The van der Waals surface area contributed by atoms with E-state index in [1.165, 1.54) is 11.3 Å². The molecule has 0 aliphatic heterocycles. The smallest absolute Gasteiger partial charge is 0.225 e. The van der Waals surface area contributed by atoms with Crippen molar-refractivity contribution in [2.75, 3.05) is 11.4 Å². The van der Waals surface area contributed by atoms with Gasteiger partial charge in [0.2, 0.25) is 5.91 Å². The van der Waals surface area contributed by atoms with Gasteiger partial charge in [-0.1, -0.05) is 6.07 Å². The SMILES string of the molecule is CCN(C(C)=O)c1nc(COc2c(Br)cccc2Br)cs1. The summed E-state index contributed by atoms with van der Waals surface area (Å²) in [5, 5.41) is 2.61. The highest BCUT2D eigenvalue weighted by Crippen LogP contribution is 2.33. The third-order valence-corrected chi connectivity index (χ3v) is 4.91. The van der Waals surface area contributed by atoms with E-state index in [9.17, 15) is 4.79 Å². The first-order valence-electron chi connectivity index (χ1n) is 6.32. The Morgan fingerprint density at radius 2 is 2.05 bits per heavy atom. The molecule has 0 aliphatic rings. The number of carbonyl (C=O) groups excluding carboxylic acids is 1. The monoisotopic (exact) mass is 432 g/mol. The zero-order chi connectivity index (χ0) is 15.4. The van der Waals surface area contributed by atoms with Crippen molar-refractivity contribution in [2.45, 2.75) is 20.5 Å². The topological polar surface area (TPSA) is 42.4 Å². The van der Waals surface area contributed by atoms with Crippen molar-refractivity contribution < 1.29 is 9.53 Å². The van der Waals surface area contributed by atoms with Crippen LogP contribution in [-0.2, 0) is 11.4 Å². The lowest BCUT2D eigenvalue weighted by Crippen LogP contribution is -2.27. The second kappa shape index (κ2) is 7.38. The van der Waals surface area contributed by atoms with E-state index in [2.05, 4.69) is 36.8 Å². The van der Waals surface area contributed by atoms with Crippen LogP contribution in [0, 0.1) is 0 Å². The first-order chi connectivity index (χ1) is 10.0. The van der Waals surface area contributed by atoms with E-state index >= 15 is 0 Å². The average Bonchev–Trinajstić information content (AvgIpc) is 2.87. The fraction of sp³-hybridized carbons (Fsp3) is 0.286. The summed E-state index contributed by atoms with van der Waals surface area (Å²) in [6, 6.07) is 5.76. The molecule has 2 aromatic rings. The van der Waals surface area contributed by atoms with Crippen molar-refractivity contribution in [1.29, 1.82) is 0 Å². The molecule has 1 aromatic heterocycles. The van der Waals surface area contributed by atoms with Gasteiger partial charge in [-0.25, -0.2) is 4.98 Å². The number of nitrogens with zero attached hydrogens (tertiary/aromatic N) is 2. The molecule has 0 spiro atoms. The van der Waals surface area contributed by atoms with Crippen LogP contribution < -0.4 is 9.64 Å². The number of aromatic nitrogens is 1. The fourth-order valence-corrected chi connectivity index (χ4v) is 3.89. The van der Waals surface area contributed by atoms with Gasteiger partial charge < -0.3 is 4.74 Å². The minimum atomic E-state index is -0.00660. The van der Waals surface area contributed by atoms with E-state index in [0.717, 1.165) is 20.4 Å². The Labute approximate surface area is 144 Å². The first-order valence-corrected chi connectivity index (χ1v) is 8.78. The largest absolute Gasteiger partial charge is 0.485 e. The number of thiazole rings is 1. The Bertz CT molecular complexity index is 625. The summed E-state index contributed by atoms with van der Waals surface area (Å²) in [5.41, 5.74) is 0.803. The van der Waals surface area contributed by atoms with E-state index < -0.39 is 0 Å². The van der Waals surface area contributed by atoms with Gasteiger partial charge in [0.15, 0.2) is 5.13 Å². The molecule has 112 valence electrons. The number of anilines is 1. The summed E-state index contributed by atoms with van der Waals surface area (Å²) in [4.78, 5) is 17.6. The maximum absolute atomic E-state index is 11.5. The summed E-state index contributed by atoms with van der Waals surface area (Å²) < 4.78 is 7.55. The van der Waals surface area contributed by atoms with E-state index in [-0.39, 0.29) is 5.91 Å². The maximum Gasteiger partial charge on any atom is 0.225 e. The number of rotatable bonds is 5. The van der Waals surface area contributed by atoms with Crippen molar-refractivity contribution in [3.8, 4) is 5.75 Å². The fourth-order valence-electron chi connectivity index (χ4n) is 1.75. The van der Waals surface area contributed by atoms with E-state index in [1.807, 2.05) is 30.5 Å². The van der Waals surface area contributed by atoms with Crippen LogP contribution >= 0.6 is 43.2 Å². The van der Waals surface area contributed by atoms with Crippen LogP contribution in [0.2, 0.25) is 0 Å². The number of carbonyl (C=O) groups is 1. The van der Waals surface area contributed by atoms with Crippen molar-refractivity contribution >= 4 is 54.2 Å². The van der Waals surface area contributed by atoms with Crippen LogP contribution in [0.5, 0.6) is 5.75 Å². The van der Waals surface area contributed by atoms with Gasteiger partial charge in [0, 0.05) is 18.8 Å². The average molecular weight is 434 g/mol. The van der Waals surface area contributed by atoms with Crippen LogP contribution in [0.3, 0.4) is 0 Å². The lowest BCUT2D eigenvalue weighted by molar-refractivity contribution is -0.116. The predicted molar refractivity (Wildman–Crippen MR) is 92.0 cm³/mol. The van der Waals surface area contributed by atoms with Crippen LogP contribution in [0.15, 0.2) is 32.5 Å². The highest BCUT2D eigenvalue weighted by atomic mass is 79.9. The van der Waals surface area contributed by atoms with Crippen molar-refractivity contribution in [2.24, 2.45) is 0 Å². The highest BCUT2D eigenvalue weighted by Gasteiger charge is 2.14. The molecule has 2 rings (SSSR count). The number of ether oxygens (including phenoxy) is 1. The summed E-state index contributed by atoms with van der Waals surface area (Å²) in [5.74, 6) is 0.735. The zero-order valence-electron chi connectivity index (χ0n) is 11.6. The minimum absolute atomic E-state index is 0.00660. The van der Waals surface area contributed by atoms with Gasteiger partial charge in [-0.05, 0) is 50.9 Å². The highest BCUT2D eigenvalue weighted by molar-refractivity contribution is 9.11. The Balaban J connectivity index is 2.08. The molecule has 7 heteroatoms. The summed E-state index contributed by atoms with van der Waals surface area (Å²) in [6.45, 7) is 4.43. The molecule has 21 heavy (non-hydrogen) atoms. The molecule has 0 saturated carbocycles. The van der Waals surface area contributed by atoms with Gasteiger partial charge in [-0.3, -0.25) is 9.69 Å². The molecule has 0 N–H and O–H groups in total. The molecule has 0 fully saturated rings. The summed E-state index contributed by atoms with van der Waals surface area (Å²) >= 11 is 8.35. The molecule has 0 radical (unpaired) electrons. The van der Waals surface area contributed by atoms with Gasteiger partial charge in [0.25, 0.3) is 0 Å². The third-order valence-electron chi connectivity index (χ3n) is 2.75. The molecule has 0 aliphatic carbocycles. The lowest BCUT2D eigenvalue weighted by atomic mass is 10.3. The Morgan fingerprint density at radius 3 is 2.62 bits per heavy atom. The second-order valence-corrected chi connectivity index (χ2v) is 6.77. The number of halogens is 2. The van der Waals surface area contributed by atoms with Crippen LogP contribution in [0.25, 0.3) is 0 Å². The van der Waals surface area contributed by atoms with Crippen LogP contribution in [-0.4, -0.2) is 17.4 Å². The van der Waals surface area contributed by atoms with Gasteiger partial charge in [-0.2, -0.15) is 0 Å².